The summed E-state index contributed by atoms with van der Waals surface area (Å²) in [4.78, 5) is 2.25. The molecule has 0 amide bonds. The molecule has 0 saturated carbocycles. The van der Waals surface area contributed by atoms with E-state index in [2.05, 4.69) is 31.5 Å². The predicted molar refractivity (Wildman–Crippen MR) is 39.0 cm³/mol. The Labute approximate surface area is 52.7 Å². The van der Waals surface area contributed by atoms with E-state index in [-0.39, 0.29) is 0 Å². The van der Waals surface area contributed by atoms with Crippen molar-refractivity contribution < 1.29 is 0 Å². The Balaban J connectivity index is 0. The molecule has 2 nitrogen and oxygen atoms in total. The minimum absolute atomic E-state index is 1.16. The Kier molecular flexibility index (Phi) is 13.6. The van der Waals surface area contributed by atoms with Gasteiger partial charge in [0.2, 0.25) is 0 Å². The van der Waals surface area contributed by atoms with Crippen molar-refractivity contribution in [1.82, 2.24) is 4.90 Å². The molecule has 0 aromatic rings. The molecule has 0 spiro atoms. The van der Waals surface area contributed by atoms with Crippen LogP contribution < -0.4 is 5.73 Å². The lowest BCUT2D eigenvalue weighted by atomic mass is 10.6. The third kappa shape index (κ3) is 9.33. The van der Waals surface area contributed by atoms with Gasteiger partial charge in [-0.25, -0.2) is 0 Å². The Hall–Kier alpha value is -0.0800. The van der Waals surface area contributed by atoms with Crippen molar-refractivity contribution in [3.63, 3.8) is 0 Å². The molecule has 8 heavy (non-hydrogen) atoms. The molecule has 0 aromatic heterocycles. The number of nitrogens with zero attached hydrogens (tertiary/aromatic N) is 1. The van der Waals surface area contributed by atoms with Crippen molar-refractivity contribution in [1.29, 1.82) is 0 Å². The zero-order valence-corrected chi connectivity index (χ0v) is 6.44. The Bertz CT molecular complexity index is 25.7. The highest BCUT2D eigenvalue weighted by Gasteiger charge is 1.81. The topological polar surface area (TPSA) is 29.3 Å². The summed E-state index contributed by atoms with van der Waals surface area (Å²) < 4.78 is 0. The molecule has 0 radical (unpaired) electrons. The molecule has 0 atom stereocenters. The lowest BCUT2D eigenvalue weighted by Crippen LogP contribution is -2.15. The summed E-state index contributed by atoms with van der Waals surface area (Å²) >= 11 is 0. The second kappa shape index (κ2) is 10.0. The third-order valence-electron chi connectivity index (χ3n) is 1.08. The van der Waals surface area contributed by atoms with Crippen LogP contribution in [0.2, 0.25) is 0 Å². The highest BCUT2D eigenvalue weighted by molar-refractivity contribution is 4.36. The number of hydrogen-bond donors (Lipinski definition) is 1. The highest BCUT2D eigenvalue weighted by atomic mass is 15.1. The predicted octanol–water partition coefficient (Wildman–Crippen LogP) is 0.533. The van der Waals surface area contributed by atoms with Crippen molar-refractivity contribution in [3.05, 3.63) is 0 Å². The number of nitrogens with two attached hydrogens (primary N) is 1. The number of rotatable bonds is 2. The molecule has 0 saturated heterocycles. The van der Waals surface area contributed by atoms with Crippen molar-refractivity contribution in [3.8, 4) is 0 Å². The monoisotopic (exact) mass is 118 g/mol. The van der Waals surface area contributed by atoms with Gasteiger partial charge in [0.05, 0.1) is 0 Å². The molecule has 2 N–H and O–H groups in total. The van der Waals surface area contributed by atoms with E-state index in [9.17, 15) is 0 Å². The molecule has 0 rings (SSSR count). The highest BCUT2D eigenvalue weighted by Crippen LogP contribution is 1.73. The second-order valence-electron chi connectivity index (χ2n) is 1.49. The minimum atomic E-state index is 1.16. The lowest BCUT2D eigenvalue weighted by Gasteiger charge is -2.07. The van der Waals surface area contributed by atoms with Gasteiger partial charge in [-0.1, -0.05) is 13.8 Å². The van der Waals surface area contributed by atoms with Gasteiger partial charge in [-0.2, -0.15) is 0 Å². The summed E-state index contributed by atoms with van der Waals surface area (Å²) in [6.45, 7) is 6.64. The number of hydrogen-bond acceptors (Lipinski definition) is 2. The molecule has 52 valence electrons. The molecule has 0 aliphatic rings. The zero-order valence-electron chi connectivity index (χ0n) is 6.44. The van der Waals surface area contributed by atoms with Crippen molar-refractivity contribution >= 4 is 0 Å². The fraction of sp³-hybridized carbons (Fsp3) is 1.00. The maximum Gasteiger partial charge on any atom is -0.00504 e. The zero-order chi connectivity index (χ0) is 6.99. The van der Waals surface area contributed by atoms with Crippen LogP contribution in [0.25, 0.3) is 0 Å². The smallest absolute Gasteiger partial charge is 0.00504 e. The summed E-state index contributed by atoms with van der Waals surface area (Å²) in [7, 11) is 3.61. The van der Waals surface area contributed by atoms with Gasteiger partial charge in [-0.3, -0.25) is 0 Å². The van der Waals surface area contributed by atoms with Gasteiger partial charge in [0.1, 0.15) is 0 Å². The van der Waals surface area contributed by atoms with Crippen LogP contribution in [-0.4, -0.2) is 32.1 Å². The molecule has 0 bridgehead atoms. The standard InChI is InChI=1S/C5H13N.CH5N/c1-4-6(3)5-2;1-2/h4-5H2,1-3H3;2H2,1H3. The van der Waals surface area contributed by atoms with E-state index in [1.165, 1.54) is 7.05 Å². The molecule has 2 heteroatoms. The third-order valence-corrected chi connectivity index (χ3v) is 1.08. The van der Waals surface area contributed by atoms with Gasteiger partial charge in [-0.05, 0) is 27.2 Å². The van der Waals surface area contributed by atoms with Gasteiger partial charge in [0, 0.05) is 0 Å². The van der Waals surface area contributed by atoms with Gasteiger partial charge >= 0.3 is 0 Å². The fourth-order valence-electron chi connectivity index (χ4n) is 0.224. The molecule has 0 aromatic carbocycles. The fourth-order valence-corrected chi connectivity index (χ4v) is 0.224. The van der Waals surface area contributed by atoms with Crippen LogP contribution >= 0.6 is 0 Å². The Morgan fingerprint density at radius 2 is 1.38 bits per heavy atom. The van der Waals surface area contributed by atoms with Gasteiger partial charge < -0.3 is 10.6 Å². The van der Waals surface area contributed by atoms with Gasteiger partial charge in [0.15, 0.2) is 0 Å². The van der Waals surface area contributed by atoms with E-state index in [1.807, 2.05) is 0 Å². The van der Waals surface area contributed by atoms with E-state index < -0.39 is 0 Å². The van der Waals surface area contributed by atoms with E-state index in [1.54, 1.807) is 0 Å². The Morgan fingerprint density at radius 1 is 1.12 bits per heavy atom. The second-order valence-corrected chi connectivity index (χ2v) is 1.49. The first-order chi connectivity index (χ1) is 3.81. The summed E-state index contributed by atoms with van der Waals surface area (Å²) in [5, 5.41) is 0. The summed E-state index contributed by atoms with van der Waals surface area (Å²) in [5.41, 5.74) is 4.50. The molecule has 0 aliphatic heterocycles. The normalized spacial score (nSPS) is 8.25. The largest absolute Gasteiger partial charge is 0.333 e. The quantitative estimate of drug-likeness (QED) is 0.573. The molecule has 0 fully saturated rings. The van der Waals surface area contributed by atoms with Crippen LogP contribution in [0.4, 0.5) is 0 Å². The van der Waals surface area contributed by atoms with Crippen LogP contribution in [0.15, 0.2) is 0 Å². The first-order valence-electron chi connectivity index (χ1n) is 3.07. The van der Waals surface area contributed by atoms with Gasteiger partial charge in [0.25, 0.3) is 0 Å². The molecule has 0 unspecified atom stereocenters. The SMILES string of the molecule is CCN(C)CC.CN. The first kappa shape index (κ1) is 10.8. The van der Waals surface area contributed by atoms with Crippen LogP contribution in [0.3, 0.4) is 0 Å². The summed E-state index contributed by atoms with van der Waals surface area (Å²) in [6, 6.07) is 0. The van der Waals surface area contributed by atoms with Crippen LogP contribution in [0.1, 0.15) is 13.8 Å². The molecular weight excluding hydrogens is 100 g/mol. The average molecular weight is 118 g/mol. The summed E-state index contributed by atoms with van der Waals surface area (Å²) in [5.74, 6) is 0. The summed E-state index contributed by atoms with van der Waals surface area (Å²) in [6.07, 6.45) is 0. The molecular formula is C6H18N2. The lowest BCUT2D eigenvalue weighted by molar-refractivity contribution is 0.373. The average Bonchev–Trinajstić information content (AvgIpc) is 1.91. The van der Waals surface area contributed by atoms with Crippen LogP contribution in [-0.2, 0) is 0 Å². The molecule has 0 heterocycles. The van der Waals surface area contributed by atoms with Crippen molar-refractivity contribution in [2.45, 2.75) is 13.8 Å². The maximum atomic E-state index is 4.50. The molecule has 0 aliphatic carbocycles. The van der Waals surface area contributed by atoms with Crippen LogP contribution in [0, 0.1) is 0 Å². The van der Waals surface area contributed by atoms with E-state index in [0.29, 0.717) is 0 Å². The minimum Gasteiger partial charge on any atom is -0.333 e. The van der Waals surface area contributed by atoms with E-state index in [0.717, 1.165) is 13.1 Å². The van der Waals surface area contributed by atoms with Crippen LogP contribution in [0.5, 0.6) is 0 Å². The van der Waals surface area contributed by atoms with E-state index in [4.69, 9.17) is 0 Å². The first-order valence-corrected chi connectivity index (χ1v) is 3.07. The van der Waals surface area contributed by atoms with Gasteiger partial charge in [-0.15, -0.1) is 0 Å². The van der Waals surface area contributed by atoms with Crippen molar-refractivity contribution in [2.24, 2.45) is 5.73 Å². The maximum absolute atomic E-state index is 4.50. The Morgan fingerprint density at radius 3 is 1.38 bits per heavy atom. The van der Waals surface area contributed by atoms with Crippen molar-refractivity contribution in [2.75, 3.05) is 27.2 Å². The van der Waals surface area contributed by atoms with E-state index >= 15 is 0 Å².